The van der Waals surface area contributed by atoms with Crippen LogP contribution >= 0.6 is 0 Å². The Balaban J connectivity index is 1.21. The molecule has 38 heavy (non-hydrogen) atoms. The van der Waals surface area contributed by atoms with Gasteiger partial charge in [-0.1, -0.05) is 19.3 Å². The first-order valence-electron chi connectivity index (χ1n) is 13.7. The van der Waals surface area contributed by atoms with Crippen molar-refractivity contribution >= 4 is 30.0 Å². The van der Waals surface area contributed by atoms with E-state index in [1.165, 1.54) is 29.1 Å². The molecule has 4 aliphatic rings. The number of piperidine rings is 1. The number of carbonyl (C=O) groups is 4. The van der Waals surface area contributed by atoms with E-state index in [0.29, 0.717) is 26.1 Å². The maximum Gasteiger partial charge on any atom is 0.409 e. The van der Waals surface area contributed by atoms with Gasteiger partial charge in [0.25, 0.3) is 0 Å². The van der Waals surface area contributed by atoms with E-state index in [1.807, 2.05) is 0 Å². The quantitative estimate of drug-likeness (QED) is 0.187. The molecule has 0 aromatic carbocycles. The Morgan fingerprint density at radius 2 is 1.61 bits per heavy atom. The molecule has 0 aromatic heterocycles. The van der Waals surface area contributed by atoms with Gasteiger partial charge in [0.15, 0.2) is 12.0 Å². The molecule has 1 aliphatic carbocycles. The van der Waals surface area contributed by atoms with E-state index in [2.05, 4.69) is 0 Å². The van der Waals surface area contributed by atoms with Crippen LogP contribution in [0.4, 0.5) is 9.59 Å². The number of nitrogens with one attached hydrogen (secondary N) is 1. The molecule has 4 N–H and O–H groups in total. The second-order valence-electron chi connectivity index (χ2n) is 10.7. The van der Waals surface area contributed by atoms with Crippen LogP contribution in [0.15, 0.2) is 0 Å². The summed E-state index contributed by atoms with van der Waals surface area (Å²) in [7, 11) is 0. The van der Waals surface area contributed by atoms with Gasteiger partial charge in [-0.3, -0.25) is 10.2 Å². The standard InChI is InChI=1S/C25H40N6O7/c26-23(27)30-8-4-5-17(16-30)15-19-20(22(33)34)31(21(19)32)24(35)28-9-11-29(12-10-28)25(36)38-14-13-37-18-6-2-1-3-7-18/h17-20H,1-16H2,(H3,26,27)(H,33,34)/t17?,19-,20?/m1/s1. The van der Waals surface area contributed by atoms with Crippen LogP contribution in [0.2, 0.25) is 0 Å². The molecule has 2 unspecified atom stereocenters. The number of rotatable bonds is 7. The Bertz CT molecular complexity index is 903. The number of carbonyl (C=O) groups excluding carboxylic acids is 3. The fourth-order valence-electron chi connectivity index (χ4n) is 6.01. The van der Waals surface area contributed by atoms with Gasteiger partial charge >= 0.3 is 18.1 Å². The van der Waals surface area contributed by atoms with Gasteiger partial charge in [0.1, 0.15) is 6.61 Å². The first-order valence-corrected chi connectivity index (χ1v) is 13.7. The number of ether oxygens (including phenoxy) is 2. The number of urea groups is 1. The number of amides is 4. The minimum absolute atomic E-state index is 0.0305. The van der Waals surface area contributed by atoms with Crippen molar-refractivity contribution < 1.29 is 33.8 Å². The van der Waals surface area contributed by atoms with E-state index in [1.54, 1.807) is 4.90 Å². The minimum Gasteiger partial charge on any atom is -0.480 e. The van der Waals surface area contributed by atoms with Crippen molar-refractivity contribution in [1.29, 1.82) is 5.41 Å². The maximum absolute atomic E-state index is 13.1. The van der Waals surface area contributed by atoms with Gasteiger partial charge in [-0.05, 0) is 38.0 Å². The molecular formula is C25H40N6O7. The van der Waals surface area contributed by atoms with Crippen molar-refractivity contribution in [3.05, 3.63) is 0 Å². The lowest BCUT2D eigenvalue weighted by Crippen LogP contribution is -2.70. The Morgan fingerprint density at radius 1 is 0.921 bits per heavy atom. The molecule has 212 valence electrons. The van der Waals surface area contributed by atoms with Gasteiger partial charge in [0, 0.05) is 39.3 Å². The van der Waals surface area contributed by atoms with Crippen LogP contribution in [-0.2, 0) is 19.1 Å². The van der Waals surface area contributed by atoms with E-state index < -0.39 is 36.0 Å². The molecule has 4 fully saturated rings. The summed E-state index contributed by atoms with van der Waals surface area (Å²) in [4.78, 5) is 55.9. The average molecular weight is 537 g/mol. The zero-order chi connectivity index (χ0) is 27.2. The number of hydrogen-bond acceptors (Lipinski definition) is 7. The van der Waals surface area contributed by atoms with E-state index in [9.17, 15) is 24.3 Å². The third-order valence-corrected chi connectivity index (χ3v) is 8.14. The summed E-state index contributed by atoms with van der Waals surface area (Å²) in [5.74, 6) is -2.47. The van der Waals surface area contributed by atoms with Gasteiger partial charge in [-0.15, -0.1) is 0 Å². The number of aliphatic carboxylic acids is 1. The summed E-state index contributed by atoms with van der Waals surface area (Å²) in [5.41, 5.74) is 5.59. The number of nitrogens with two attached hydrogens (primary N) is 1. The number of likely N-dealkylation sites (tertiary alicyclic amines) is 2. The smallest absolute Gasteiger partial charge is 0.409 e. The number of β-lactam (4-membered cyclic amide) rings is 1. The fourth-order valence-corrected chi connectivity index (χ4v) is 6.01. The summed E-state index contributed by atoms with van der Waals surface area (Å²) >= 11 is 0. The molecule has 4 rings (SSSR count). The maximum atomic E-state index is 13.1. The van der Waals surface area contributed by atoms with Crippen LogP contribution < -0.4 is 5.73 Å². The first-order chi connectivity index (χ1) is 18.3. The van der Waals surface area contributed by atoms with Gasteiger partial charge in [-0.2, -0.15) is 0 Å². The lowest BCUT2D eigenvalue weighted by atomic mass is 9.78. The summed E-state index contributed by atoms with van der Waals surface area (Å²) in [6.45, 7) is 2.55. The largest absolute Gasteiger partial charge is 0.480 e. The lowest BCUT2D eigenvalue weighted by Gasteiger charge is -2.47. The molecule has 13 nitrogen and oxygen atoms in total. The highest BCUT2D eigenvalue weighted by Crippen LogP contribution is 2.36. The second kappa shape index (κ2) is 12.6. The van der Waals surface area contributed by atoms with Crippen LogP contribution in [0.3, 0.4) is 0 Å². The van der Waals surface area contributed by atoms with E-state index >= 15 is 0 Å². The first kappa shape index (κ1) is 27.9. The number of nitrogens with zero attached hydrogens (tertiary/aromatic N) is 4. The third kappa shape index (κ3) is 6.48. The van der Waals surface area contributed by atoms with Gasteiger partial charge in [0.05, 0.1) is 18.6 Å². The van der Waals surface area contributed by atoms with Crippen LogP contribution in [0.1, 0.15) is 51.4 Å². The molecule has 3 aliphatic heterocycles. The topological polar surface area (TPSA) is 170 Å². The molecule has 4 amide bonds. The van der Waals surface area contributed by atoms with Crippen LogP contribution in [0.25, 0.3) is 0 Å². The van der Waals surface area contributed by atoms with Crippen LogP contribution in [0.5, 0.6) is 0 Å². The van der Waals surface area contributed by atoms with Crippen molar-refractivity contribution in [3.8, 4) is 0 Å². The molecule has 3 saturated heterocycles. The van der Waals surface area contributed by atoms with Crippen molar-refractivity contribution in [2.75, 3.05) is 52.5 Å². The summed E-state index contributed by atoms with van der Waals surface area (Å²) in [6, 6.07) is -1.85. The molecule has 13 heteroatoms. The minimum atomic E-state index is -1.21. The number of hydrogen-bond donors (Lipinski definition) is 3. The average Bonchev–Trinajstić information content (AvgIpc) is 2.92. The van der Waals surface area contributed by atoms with Crippen LogP contribution in [0, 0.1) is 17.2 Å². The summed E-state index contributed by atoms with van der Waals surface area (Å²) in [5, 5.41) is 17.4. The van der Waals surface area contributed by atoms with Gasteiger partial charge in [0.2, 0.25) is 5.91 Å². The highest BCUT2D eigenvalue weighted by molar-refractivity contribution is 6.07. The predicted molar refractivity (Wildman–Crippen MR) is 135 cm³/mol. The van der Waals surface area contributed by atoms with Gasteiger partial charge in [-0.25, -0.2) is 19.3 Å². The molecule has 3 atom stereocenters. The third-order valence-electron chi connectivity index (χ3n) is 8.14. The van der Waals surface area contributed by atoms with E-state index in [0.717, 1.165) is 30.6 Å². The highest BCUT2D eigenvalue weighted by Gasteiger charge is 2.56. The van der Waals surface area contributed by atoms with Crippen LogP contribution in [-0.4, -0.2) is 119 Å². The Labute approximate surface area is 222 Å². The zero-order valence-corrected chi connectivity index (χ0v) is 21.9. The predicted octanol–water partition coefficient (Wildman–Crippen LogP) is 1.12. The molecule has 3 heterocycles. The number of guanidine groups is 1. The van der Waals surface area contributed by atoms with Crippen molar-refractivity contribution in [2.24, 2.45) is 17.6 Å². The Kier molecular flexibility index (Phi) is 9.29. The normalized spacial score (nSPS) is 26.6. The molecule has 0 radical (unpaired) electrons. The Morgan fingerprint density at radius 3 is 2.26 bits per heavy atom. The van der Waals surface area contributed by atoms with Crippen molar-refractivity contribution in [1.82, 2.24) is 19.6 Å². The van der Waals surface area contributed by atoms with Gasteiger partial charge < -0.3 is 35.0 Å². The number of piperazine rings is 1. The fraction of sp³-hybridized carbons (Fsp3) is 0.800. The number of imide groups is 1. The molecule has 1 saturated carbocycles. The Hall–Kier alpha value is -3.09. The monoisotopic (exact) mass is 536 g/mol. The number of carboxylic acids is 1. The zero-order valence-electron chi connectivity index (χ0n) is 21.9. The molecule has 0 spiro atoms. The molecular weight excluding hydrogens is 496 g/mol. The SMILES string of the molecule is N=C(N)N1CCCC(C[C@H]2C(=O)N(C(=O)N3CCN(C(=O)OCCOC4CCCCC4)CC3)C2C(=O)O)C1. The van der Waals surface area contributed by atoms with E-state index in [4.69, 9.17) is 20.6 Å². The molecule has 0 bridgehead atoms. The number of carboxylic acid groups (broad SMARTS) is 1. The summed E-state index contributed by atoms with van der Waals surface area (Å²) < 4.78 is 11.1. The summed E-state index contributed by atoms with van der Waals surface area (Å²) in [6.07, 6.45) is 7.42. The highest BCUT2D eigenvalue weighted by atomic mass is 16.6. The lowest BCUT2D eigenvalue weighted by molar-refractivity contribution is -0.167. The van der Waals surface area contributed by atoms with E-state index in [-0.39, 0.29) is 50.8 Å². The second-order valence-corrected chi connectivity index (χ2v) is 10.7. The molecule has 0 aromatic rings. The van der Waals surface area contributed by atoms with Crippen molar-refractivity contribution in [3.63, 3.8) is 0 Å². The van der Waals surface area contributed by atoms with Crippen molar-refractivity contribution in [2.45, 2.75) is 63.5 Å².